The smallest absolute Gasteiger partial charge is 0.122 e. The molecule has 1 unspecified atom stereocenters. The third-order valence-electron chi connectivity index (χ3n) is 4.51. The van der Waals surface area contributed by atoms with Gasteiger partial charge in [-0.2, -0.15) is 0 Å². The minimum absolute atomic E-state index is 0.545. The number of fused-ring (bicyclic) bond motifs is 1. The molecule has 116 valence electrons. The van der Waals surface area contributed by atoms with Crippen LogP contribution in [0.25, 0.3) is 0 Å². The van der Waals surface area contributed by atoms with Crippen LogP contribution in [0.4, 0.5) is 5.69 Å². The van der Waals surface area contributed by atoms with E-state index in [-0.39, 0.29) is 0 Å². The van der Waals surface area contributed by atoms with Gasteiger partial charge in [-0.1, -0.05) is 12.1 Å². The second-order valence-corrected chi connectivity index (χ2v) is 5.93. The molecule has 3 nitrogen and oxygen atoms in total. The van der Waals surface area contributed by atoms with Gasteiger partial charge in [0, 0.05) is 18.8 Å². The summed E-state index contributed by atoms with van der Waals surface area (Å²) in [7, 11) is 5.99. The summed E-state index contributed by atoms with van der Waals surface area (Å²) in [5.41, 5.74) is 5.38. The molecule has 1 N–H and O–H groups in total. The minimum atomic E-state index is 0.545. The molecule has 2 aromatic carbocycles. The Hall–Kier alpha value is -1.73. The fraction of sp³-hybridized carbons (Fsp3) is 0.333. The van der Waals surface area contributed by atoms with E-state index < -0.39 is 0 Å². The second-order valence-electron chi connectivity index (χ2n) is 5.69. The average molecular weight is 315 g/mol. The van der Waals surface area contributed by atoms with Crippen molar-refractivity contribution in [2.45, 2.75) is 25.2 Å². The number of benzene rings is 2. The van der Waals surface area contributed by atoms with E-state index in [1.807, 2.05) is 13.1 Å². The summed E-state index contributed by atoms with van der Waals surface area (Å²) in [4.78, 5) is 0. The molecular weight excluding hydrogens is 293 g/mol. The van der Waals surface area contributed by atoms with Gasteiger partial charge in [-0.05, 0) is 60.1 Å². The molecule has 0 bridgehead atoms. The van der Waals surface area contributed by atoms with E-state index in [0.717, 1.165) is 36.4 Å². The number of anilines is 1. The van der Waals surface area contributed by atoms with E-state index in [1.54, 1.807) is 7.11 Å². The monoisotopic (exact) mass is 315 g/mol. The Bertz CT molecular complexity index is 672. The van der Waals surface area contributed by atoms with Crippen molar-refractivity contribution in [1.29, 1.82) is 0 Å². The molecule has 0 fully saturated rings. The molecule has 3 rings (SSSR count). The highest BCUT2D eigenvalue weighted by Gasteiger charge is 2.22. The van der Waals surface area contributed by atoms with Gasteiger partial charge in [0.15, 0.2) is 0 Å². The Balaban J connectivity index is 1.88. The van der Waals surface area contributed by atoms with Gasteiger partial charge in [0.25, 0.3) is 0 Å². The fourth-order valence-electron chi connectivity index (χ4n) is 3.31. The van der Waals surface area contributed by atoms with Crippen molar-refractivity contribution in [3.05, 3.63) is 53.1 Å². The topological polar surface area (TPSA) is 30.5 Å². The van der Waals surface area contributed by atoms with Crippen molar-refractivity contribution in [2.75, 3.05) is 19.5 Å². The highest BCUT2D eigenvalue weighted by atomic mass is 31.0. The zero-order valence-electron chi connectivity index (χ0n) is 13.1. The third kappa shape index (κ3) is 2.91. The predicted molar refractivity (Wildman–Crippen MR) is 94.1 cm³/mol. The van der Waals surface area contributed by atoms with Crippen molar-refractivity contribution < 1.29 is 9.26 Å². The highest BCUT2D eigenvalue weighted by Crippen LogP contribution is 2.38. The van der Waals surface area contributed by atoms with Gasteiger partial charge in [0.2, 0.25) is 0 Å². The first-order valence-electron chi connectivity index (χ1n) is 7.59. The summed E-state index contributed by atoms with van der Waals surface area (Å²) in [5.74, 6) is 2.36. The van der Waals surface area contributed by atoms with Crippen LogP contribution >= 0.6 is 9.47 Å². The Labute approximate surface area is 134 Å². The number of aryl methyl sites for hydroxylation is 1. The number of nitrogens with one attached hydrogen (secondary N) is 1. The van der Waals surface area contributed by atoms with Crippen LogP contribution < -0.4 is 14.6 Å². The molecule has 4 heteroatoms. The maximum absolute atomic E-state index is 5.32. The summed E-state index contributed by atoms with van der Waals surface area (Å²) < 4.78 is 10.6. The molecule has 0 spiro atoms. The zero-order chi connectivity index (χ0) is 15.5. The third-order valence-corrected chi connectivity index (χ3v) is 4.78. The number of hydrogen-bond acceptors (Lipinski definition) is 3. The van der Waals surface area contributed by atoms with Crippen LogP contribution in [0.15, 0.2) is 36.4 Å². The number of methoxy groups -OCH3 is 1. The Morgan fingerprint density at radius 1 is 1.09 bits per heavy atom. The lowest BCUT2D eigenvalue weighted by Crippen LogP contribution is -2.14. The summed E-state index contributed by atoms with van der Waals surface area (Å²) in [5, 5.41) is 3.31. The van der Waals surface area contributed by atoms with Crippen LogP contribution in [0, 0.1) is 0 Å². The molecule has 0 amide bonds. The number of hydrogen-bond donors (Lipinski definition) is 1. The van der Waals surface area contributed by atoms with Crippen molar-refractivity contribution in [3.63, 3.8) is 0 Å². The van der Waals surface area contributed by atoms with Crippen LogP contribution in [0.1, 0.15) is 29.0 Å². The maximum Gasteiger partial charge on any atom is 0.122 e. The SMILES string of the molecule is CNc1cc(OC)ccc1[C@@H]1CCc2cc(OP)ccc2C1. The molecule has 0 aliphatic heterocycles. The van der Waals surface area contributed by atoms with E-state index >= 15 is 0 Å². The molecule has 0 heterocycles. The normalized spacial score (nSPS) is 16.8. The lowest BCUT2D eigenvalue weighted by Gasteiger charge is -2.27. The molecule has 2 atom stereocenters. The largest absolute Gasteiger partial charge is 0.497 e. The van der Waals surface area contributed by atoms with Gasteiger partial charge in [-0.3, -0.25) is 0 Å². The molecule has 0 aromatic heterocycles. The summed E-state index contributed by atoms with van der Waals surface area (Å²) in [6.07, 6.45) is 3.33. The van der Waals surface area contributed by atoms with Crippen LogP contribution in [0.2, 0.25) is 0 Å². The van der Waals surface area contributed by atoms with E-state index in [1.165, 1.54) is 16.7 Å². The van der Waals surface area contributed by atoms with Gasteiger partial charge < -0.3 is 14.6 Å². The first kappa shape index (κ1) is 15.2. The standard InChI is InChI=1S/C18H22NO2P/c1-19-18-11-15(20-2)7-8-17(18)14-4-3-13-10-16(21-22)6-5-12(13)9-14/h5-8,10-11,14,19H,3-4,9,22H2,1-2H3/t14-/m1/s1. The fourth-order valence-corrected chi connectivity index (χ4v) is 3.45. The highest BCUT2D eigenvalue weighted by molar-refractivity contribution is 7.10. The Morgan fingerprint density at radius 2 is 1.91 bits per heavy atom. The summed E-state index contributed by atoms with van der Waals surface area (Å²) in [6.45, 7) is 0. The lowest BCUT2D eigenvalue weighted by molar-refractivity contribution is 0.414. The van der Waals surface area contributed by atoms with Gasteiger partial charge in [0.1, 0.15) is 11.5 Å². The lowest BCUT2D eigenvalue weighted by atomic mass is 9.79. The molecule has 0 saturated carbocycles. The zero-order valence-corrected chi connectivity index (χ0v) is 14.2. The molecule has 22 heavy (non-hydrogen) atoms. The first-order valence-corrected chi connectivity index (χ1v) is 8.06. The van der Waals surface area contributed by atoms with Crippen molar-refractivity contribution in [3.8, 4) is 11.5 Å². The quantitative estimate of drug-likeness (QED) is 0.859. The summed E-state index contributed by atoms with van der Waals surface area (Å²) >= 11 is 0. The summed E-state index contributed by atoms with van der Waals surface area (Å²) in [6, 6.07) is 12.7. The van der Waals surface area contributed by atoms with Crippen LogP contribution in [-0.2, 0) is 12.8 Å². The molecule has 1 aliphatic carbocycles. The van der Waals surface area contributed by atoms with E-state index in [4.69, 9.17) is 9.26 Å². The Morgan fingerprint density at radius 3 is 2.64 bits per heavy atom. The van der Waals surface area contributed by atoms with Gasteiger partial charge in [-0.15, -0.1) is 0 Å². The van der Waals surface area contributed by atoms with Gasteiger partial charge in [0.05, 0.1) is 16.6 Å². The predicted octanol–water partition coefficient (Wildman–Crippen LogP) is 4.18. The van der Waals surface area contributed by atoms with E-state index in [9.17, 15) is 0 Å². The van der Waals surface area contributed by atoms with E-state index in [0.29, 0.717) is 5.92 Å². The second kappa shape index (κ2) is 6.58. The molecule has 2 aromatic rings. The van der Waals surface area contributed by atoms with Crippen LogP contribution in [-0.4, -0.2) is 14.2 Å². The Kier molecular flexibility index (Phi) is 4.54. The molecular formula is C18H22NO2P. The molecule has 0 radical (unpaired) electrons. The van der Waals surface area contributed by atoms with Crippen molar-refractivity contribution >= 4 is 15.2 Å². The van der Waals surface area contributed by atoms with Crippen molar-refractivity contribution in [2.24, 2.45) is 0 Å². The molecule has 1 aliphatic rings. The minimum Gasteiger partial charge on any atom is -0.497 e. The average Bonchev–Trinajstić information content (AvgIpc) is 2.60. The first-order chi connectivity index (χ1) is 10.7. The van der Waals surface area contributed by atoms with E-state index in [2.05, 4.69) is 45.1 Å². The number of rotatable bonds is 4. The van der Waals surface area contributed by atoms with Crippen LogP contribution in [0.3, 0.4) is 0 Å². The van der Waals surface area contributed by atoms with Crippen molar-refractivity contribution in [1.82, 2.24) is 0 Å². The molecule has 0 saturated heterocycles. The number of ether oxygens (including phenoxy) is 1. The van der Waals surface area contributed by atoms with Crippen LogP contribution in [0.5, 0.6) is 11.5 Å². The maximum atomic E-state index is 5.32. The van der Waals surface area contributed by atoms with Gasteiger partial charge in [-0.25, -0.2) is 0 Å². The van der Waals surface area contributed by atoms with Gasteiger partial charge >= 0.3 is 0 Å².